The Labute approximate surface area is 86.0 Å². The normalized spacial score (nSPS) is 47.4. The minimum absolute atomic E-state index is 0.0130. The zero-order valence-electron chi connectivity index (χ0n) is 9.43. The van der Waals surface area contributed by atoms with Crippen molar-refractivity contribution in [1.29, 1.82) is 0 Å². The quantitative estimate of drug-likeness (QED) is 0.603. The molecule has 14 heavy (non-hydrogen) atoms. The molecule has 3 atom stereocenters. The van der Waals surface area contributed by atoms with Gasteiger partial charge in [0.05, 0.1) is 6.42 Å². The minimum Gasteiger partial charge on any atom is -0.459 e. The van der Waals surface area contributed by atoms with E-state index in [0.29, 0.717) is 17.8 Å². The highest BCUT2D eigenvalue weighted by molar-refractivity contribution is 5.73. The van der Waals surface area contributed by atoms with Gasteiger partial charge in [-0.05, 0) is 31.6 Å². The molecule has 2 rings (SSSR count). The minimum atomic E-state index is -0.153. The van der Waals surface area contributed by atoms with Crippen LogP contribution in [0.15, 0.2) is 0 Å². The van der Waals surface area contributed by atoms with Gasteiger partial charge in [0.2, 0.25) is 0 Å². The predicted octanol–water partition coefficient (Wildman–Crippen LogP) is 2.91. The first-order chi connectivity index (χ1) is 6.50. The van der Waals surface area contributed by atoms with Crippen molar-refractivity contribution < 1.29 is 9.53 Å². The number of esters is 1. The van der Waals surface area contributed by atoms with Crippen LogP contribution in [0.2, 0.25) is 0 Å². The van der Waals surface area contributed by atoms with Gasteiger partial charge in [0.1, 0.15) is 5.60 Å². The van der Waals surface area contributed by atoms with Crippen molar-refractivity contribution in [3.63, 3.8) is 0 Å². The molecule has 0 spiro atoms. The van der Waals surface area contributed by atoms with Crippen LogP contribution >= 0.6 is 0 Å². The van der Waals surface area contributed by atoms with E-state index >= 15 is 0 Å². The summed E-state index contributed by atoms with van der Waals surface area (Å²) in [7, 11) is 0. The fourth-order valence-corrected chi connectivity index (χ4v) is 3.40. The number of hydrogen-bond donors (Lipinski definition) is 0. The molecule has 1 saturated heterocycles. The molecule has 0 unspecified atom stereocenters. The third-order valence-electron chi connectivity index (χ3n) is 4.52. The van der Waals surface area contributed by atoms with Crippen LogP contribution in [0.4, 0.5) is 0 Å². The second-order valence-corrected chi connectivity index (χ2v) is 5.40. The lowest BCUT2D eigenvalue weighted by Crippen LogP contribution is -2.45. The molecule has 1 heterocycles. The largest absolute Gasteiger partial charge is 0.459 e. The van der Waals surface area contributed by atoms with Crippen molar-refractivity contribution in [3.8, 4) is 0 Å². The second kappa shape index (κ2) is 2.98. The molecular weight excluding hydrogens is 176 g/mol. The maximum atomic E-state index is 11.4. The zero-order valence-corrected chi connectivity index (χ0v) is 9.43. The van der Waals surface area contributed by atoms with E-state index in [0.717, 1.165) is 12.8 Å². The number of carbonyl (C=O) groups excluding carboxylic acids is 1. The maximum absolute atomic E-state index is 11.4. The number of fused-ring (bicyclic) bond motifs is 1. The summed E-state index contributed by atoms with van der Waals surface area (Å²) >= 11 is 0. The summed E-state index contributed by atoms with van der Waals surface area (Å²) in [4.78, 5) is 11.4. The Hall–Kier alpha value is -0.530. The van der Waals surface area contributed by atoms with Gasteiger partial charge in [-0.25, -0.2) is 0 Å². The fraction of sp³-hybridized carbons (Fsp3) is 0.917. The van der Waals surface area contributed by atoms with E-state index in [-0.39, 0.29) is 11.6 Å². The summed E-state index contributed by atoms with van der Waals surface area (Å²) in [6.07, 6.45) is 5.30. The monoisotopic (exact) mass is 196 g/mol. The average molecular weight is 196 g/mol. The predicted molar refractivity (Wildman–Crippen MR) is 54.9 cm³/mol. The Balaban J connectivity index is 2.30. The van der Waals surface area contributed by atoms with E-state index in [9.17, 15) is 4.79 Å². The number of hydrogen-bond acceptors (Lipinski definition) is 2. The van der Waals surface area contributed by atoms with Crippen molar-refractivity contribution in [2.75, 3.05) is 0 Å². The van der Waals surface area contributed by atoms with E-state index in [1.54, 1.807) is 0 Å². The highest BCUT2D eigenvalue weighted by atomic mass is 16.6. The van der Waals surface area contributed by atoms with Gasteiger partial charge < -0.3 is 4.74 Å². The van der Waals surface area contributed by atoms with Gasteiger partial charge >= 0.3 is 5.97 Å². The topological polar surface area (TPSA) is 26.3 Å². The lowest BCUT2D eigenvalue weighted by atomic mass is 9.60. The molecular formula is C12H20O2. The van der Waals surface area contributed by atoms with Crippen LogP contribution in [0.3, 0.4) is 0 Å². The molecule has 1 aliphatic heterocycles. The lowest BCUT2D eigenvalue weighted by molar-refractivity contribution is -0.152. The van der Waals surface area contributed by atoms with Crippen molar-refractivity contribution in [1.82, 2.24) is 0 Å². The molecule has 80 valence electrons. The van der Waals surface area contributed by atoms with Crippen LogP contribution in [0.25, 0.3) is 0 Å². The molecule has 2 aliphatic rings. The lowest BCUT2D eigenvalue weighted by Gasteiger charge is -2.46. The van der Waals surface area contributed by atoms with Gasteiger partial charge in [-0.3, -0.25) is 4.79 Å². The molecule has 2 heteroatoms. The molecule has 0 aromatic rings. The van der Waals surface area contributed by atoms with E-state index in [1.807, 2.05) is 0 Å². The molecule has 2 nitrogen and oxygen atoms in total. The number of carbonyl (C=O) groups is 1. The molecule has 0 bridgehead atoms. The Morgan fingerprint density at radius 2 is 2.14 bits per heavy atom. The average Bonchev–Trinajstić information content (AvgIpc) is 2.42. The third-order valence-corrected chi connectivity index (χ3v) is 4.52. The van der Waals surface area contributed by atoms with Crippen LogP contribution in [0, 0.1) is 11.3 Å². The van der Waals surface area contributed by atoms with Crippen molar-refractivity contribution in [2.24, 2.45) is 11.3 Å². The van der Waals surface area contributed by atoms with Crippen LogP contribution in [-0.2, 0) is 9.53 Å². The molecule has 0 radical (unpaired) electrons. The van der Waals surface area contributed by atoms with Crippen LogP contribution in [0.5, 0.6) is 0 Å². The van der Waals surface area contributed by atoms with E-state index in [4.69, 9.17) is 4.74 Å². The van der Waals surface area contributed by atoms with Gasteiger partial charge in [0, 0.05) is 5.92 Å². The smallest absolute Gasteiger partial charge is 0.306 e. The summed E-state index contributed by atoms with van der Waals surface area (Å²) in [5, 5.41) is 0. The summed E-state index contributed by atoms with van der Waals surface area (Å²) in [5.74, 6) is 0.459. The zero-order chi connectivity index (χ0) is 10.4. The van der Waals surface area contributed by atoms with E-state index in [2.05, 4.69) is 20.8 Å². The SMILES string of the molecule is CC[C@@]1(C)CCC[C@]2(C)OC(=O)C[C@@H]12. The Bertz CT molecular complexity index is 261. The van der Waals surface area contributed by atoms with Gasteiger partial charge in [-0.2, -0.15) is 0 Å². The highest BCUT2D eigenvalue weighted by Crippen LogP contribution is 2.54. The van der Waals surface area contributed by atoms with Crippen LogP contribution in [-0.4, -0.2) is 11.6 Å². The molecule has 0 aromatic heterocycles. The summed E-state index contributed by atoms with van der Waals surface area (Å²) < 4.78 is 5.51. The third kappa shape index (κ3) is 1.27. The fourth-order valence-electron chi connectivity index (χ4n) is 3.40. The van der Waals surface area contributed by atoms with Gasteiger partial charge in [-0.15, -0.1) is 0 Å². The Morgan fingerprint density at radius 1 is 1.43 bits per heavy atom. The van der Waals surface area contributed by atoms with Crippen LogP contribution < -0.4 is 0 Å². The number of rotatable bonds is 1. The first kappa shape index (κ1) is 10.0. The van der Waals surface area contributed by atoms with Gasteiger partial charge in [0.25, 0.3) is 0 Å². The summed E-state index contributed by atoms with van der Waals surface area (Å²) in [6, 6.07) is 0. The van der Waals surface area contributed by atoms with Crippen molar-refractivity contribution in [2.45, 2.75) is 58.5 Å². The van der Waals surface area contributed by atoms with E-state index in [1.165, 1.54) is 12.8 Å². The molecule has 0 amide bonds. The first-order valence-corrected chi connectivity index (χ1v) is 5.72. The molecule has 1 aliphatic carbocycles. The Kier molecular flexibility index (Phi) is 2.13. The summed E-state index contributed by atoms with van der Waals surface area (Å²) in [6.45, 7) is 6.67. The molecule has 0 aromatic carbocycles. The standard InChI is InChI=1S/C12H20O2/c1-4-11(2)6-5-7-12(3)9(11)8-10(13)14-12/h9H,4-8H2,1-3H3/t9-,11-,12-/m0/s1. The van der Waals surface area contributed by atoms with Crippen molar-refractivity contribution >= 4 is 5.97 Å². The van der Waals surface area contributed by atoms with Crippen molar-refractivity contribution in [3.05, 3.63) is 0 Å². The molecule has 0 N–H and O–H groups in total. The highest BCUT2D eigenvalue weighted by Gasteiger charge is 2.55. The second-order valence-electron chi connectivity index (χ2n) is 5.40. The molecule has 2 fully saturated rings. The van der Waals surface area contributed by atoms with Gasteiger partial charge in [0.15, 0.2) is 0 Å². The summed E-state index contributed by atoms with van der Waals surface area (Å²) in [5.41, 5.74) is 0.166. The first-order valence-electron chi connectivity index (χ1n) is 5.72. The molecule has 1 saturated carbocycles. The maximum Gasteiger partial charge on any atom is 0.306 e. The van der Waals surface area contributed by atoms with E-state index < -0.39 is 0 Å². The van der Waals surface area contributed by atoms with Gasteiger partial charge in [-0.1, -0.05) is 20.3 Å². The van der Waals surface area contributed by atoms with Crippen LogP contribution in [0.1, 0.15) is 52.9 Å². The number of ether oxygens (including phenoxy) is 1. The Morgan fingerprint density at radius 3 is 2.79 bits per heavy atom.